The number of aliphatic hydroxyl groups is 1. The van der Waals surface area contributed by atoms with E-state index < -0.39 is 6.10 Å². The third-order valence-corrected chi connectivity index (χ3v) is 3.53. The minimum Gasteiger partial charge on any atom is -0.388 e. The van der Waals surface area contributed by atoms with Crippen LogP contribution in [0.3, 0.4) is 0 Å². The maximum absolute atomic E-state index is 13.1. The van der Waals surface area contributed by atoms with Gasteiger partial charge in [0, 0.05) is 10.4 Å². The van der Waals surface area contributed by atoms with E-state index in [9.17, 15) is 9.50 Å². The Morgan fingerprint density at radius 2 is 2.06 bits per heavy atom. The van der Waals surface area contributed by atoms with E-state index in [1.54, 1.807) is 6.07 Å². The molecule has 0 aliphatic heterocycles. The molecule has 16 heavy (non-hydrogen) atoms. The van der Waals surface area contributed by atoms with Crippen molar-refractivity contribution in [2.45, 2.75) is 20.0 Å². The first kappa shape index (κ1) is 13.6. The summed E-state index contributed by atoms with van der Waals surface area (Å²) < 4.78 is 13.8. The van der Waals surface area contributed by atoms with E-state index in [-0.39, 0.29) is 17.7 Å². The van der Waals surface area contributed by atoms with Crippen molar-refractivity contribution in [3.05, 3.63) is 34.1 Å². The van der Waals surface area contributed by atoms with Gasteiger partial charge in [-0.1, -0.05) is 29.8 Å². The van der Waals surface area contributed by atoms with Gasteiger partial charge < -0.3 is 10.8 Å². The molecule has 1 rings (SSSR count). The van der Waals surface area contributed by atoms with Crippen molar-refractivity contribution in [1.29, 1.82) is 0 Å². The van der Waals surface area contributed by atoms with Crippen LogP contribution in [0.15, 0.2) is 22.7 Å². The van der Waals surface area contributed by atoms with E-state index in [4.69, 9.17) is 5.73 Å². The van der Waals surface area contributed by atoms with Gasteiger partial charge in [-0.3, -0.25) is 0 Å². The maximum atomic E-state index is 13.1. The van der Waals surface area contributed by atoms with Crippen LogP contribution < -0.4 is 5.73 Å². The summed E-state index contributed by atoms with van der Waals surface area (Å²) in [5.41, 5.74) is 6.19. The number of benzene rings is 1. The van der Waals surface area contributed by atoms with Gasteiger partial charge in [-0.15, -0.1) is 0 Å². The normalized spacial score (nSPS) is 15.2. The van der Waals surface area contributed by atoms with E-state index in [0.717, 1.165) is 0 Å². The van der Waals surface area contributed by atoms with Crippen LogP contribution in [0.5, 0.6) is 0 Å². The molecule has 0 radical (unpaired) electrons. The molecule has 2 atom stereocenters. The van der Waals surface area contributed by atoms with E-state index >= 15 is 0 Å². The number of hydrogen-bond acceptors (Lipinski definition) is 2. The molecule has 2 nitrogen and oxygen atoms in total. The number of halogens is 2. The fourth-order valence-electron chi connectivity index (χ4n) is 1.74. The summed E-state index contributed by atoms with van der Waals surface area (Å²) in [4.78, 5) is 0. The topological polar surface area (TPSA) is 46.2 Å². The number of nitrogens with two attached hydrogens (primary N) is 1. The summed E-state index contributed by atoms with van der Waals surface area (Å²) in [5.74, 6) is -0.176. The Morgan fingerprint density at radius 3 is 2.56 bits per heavy atom. The maximum Gasteiger partial charge on any atom is 0.123 e. The molecule has 0 bridgehead atoms. The summed E-state index contributed by atoms with van der Waals surface area (Å²) in [6.45, 7) is 4.36. The summed E-state index contributed by atoms with van der Waals surface area (Å²) in [7, 11) is 0. The highest BCUT2D eigenvalue weighted by Crippen LogP contribution is 2.32. The fraction of sp³-hybridized carbons (Fsp3) is 0.500. The van der Waals surface area contributed by atoms with Crippen LogP contribution in [-0.4, -0.2) is 11.7 Å². The van der Waals surface area contributed by atoms with Gasteiger partial charge >= 0.3 is 0 Å². The second-order valence-corrected chi connectivity index (χ2v) is 5.11. The fourth-order valence-corrected chi connectivity index (χ4v) is 2.22. The molecule has 1 aromatic rings. The van der Waals surface area contributed by atoms with Crippen LogP contribution in [0.25, 0.3) is 0 Å². The van der Waals surface area contributed by atoms with Gasteiger partial charge in [0.05, 0.1) is 6.10 Å². The van der Waals surface area contributed by atoms with Gasteiger partial charge in [0.2, 0.25) is 0 Å². The molecule has 90 valence electrons. The van der Waals surface area contributed by atoms with E-state index in [1.165, 1.54) is 12.1 Å². The zero-order valence-electron chi connectivity index (χ0n) is 9.45. The summed E-state index contributed by atoms with van der Waals surface area (Å²) in [6.07, 6.45) is -0.741. The molecule has 0 saturated heterocycles. The quantitative estimate of drug-likeness (QED) is 0.895. The molecule has 1 aromatic carbocycles. The third kappa shape index (κ3) is 3.03. The van der Waals surface area contributed by atoms with Crippen molar-refractivity contribution in [1.82, 2.24) is 0 Å². The van der Waals surface area contributed by atoms with Crippen LogP contribution in [0.1, 0.15) is 25.5 Å². The first-order chi connectivity index (χ1) is 7.47. The molecule has 0 fully saturated rings. The molecule has 0 aliphatic carbocycles. The average molecular weight is 290 g/mol. The second-order valence-electron chi connectivity index (χ2n) is 4.25. The van der Waals surface area contributed by atoms with Crippen LogP contribution in [0.2, 0.25) is 0 Å². The summed E-state index contributed by atoms with van der Waals surface area (Å²) in [6, 6.07) is 4.30. The van der Waals surface area contributed by atoms with E-state index in [1.807, 2.05) is 13.8 Å². The van der Waals surface area contributed by atoms with E-state index in [2.05, 4.69) is 15.9 Å². The number of rotatable bonds is 4. The lowest BCUT2D eigenvalue weighted by Gasteiger charge is -2.26. The highest BCUT2D eigenvalue weighted by atomic mass is 79.9. The van der Waals surface area contributed by atoms with Crippen molar-refractivity contribution < 1.29 is 9.50 Å². The molecule has 0 amide bonds. The molecule has 0 spiro atoms. The molecule has 3 N–H and O–H groups in total. The van der Waals surface area contributed by atoms with Crippen molar-refractivity contribution in [2.24, 2.45) is 17.6 Å². The third-order valence-electron chi connectivity index (χ3n) is 2.81. The second kappa shape index (κ2) is 5.75. The van der Waals surface area contributed by atoms with Crippen molar-refractivity contribution in [3.8, 4) is 0 Å². The lowest BCUT2D eigenvalue weighted by Crippen LogP contribution is -2.27. The molecule has 0 aromatic heterocycles. The van der Waals surface area contributed by atoms with Gasteiger partial charge in [0.25, 0.3) is 0 Å². The molecular weight excluding hydrogens is 273 g/mol. The Hall–Kier alpha value is -0.450. The molecule has 0 saturated carbocycles. The van der Waals surface area contributed by atoms with Gasteiger partial charge in [-0.2, -0.15) is 0 Å². The van der Waals surface area contributed by atoms with Crippen LogP contribution in [0, 0.1) is 17.7 Å². The minimum atomic E-state index is -0.741. The Kier molecular flexibility index (Phi) is 4.89. The molecule has 2 unspecified atom stereocenters. The Labute approximate surface area is 104 Å². The monoisotopic (exact) mass is 289 g/mol. The first-order valence-corrected chi connectivity index (χ1v) is 6.09. The lowest BCUT2D eigenvalue weighted by molar-refractivity contribution is 0.0852. The molecule has 4 heteroatoms. The lowest BCUT2D eigenvalue weighted by atomic mass is 9.86. The van der Waals surface area contributed by atoms with Gasteiger partial charge in [0.15, 0.2) is 0 Å². The van der Waals surface area contributed by atoms with Gasteiger partial charge in [-0.25, -0.2) is 4.39 Å². The molecule has 0 heterocycles. The zero-order valence-corrected chi connectivity index (χ0v) is 11.0. The van der Waals surface area contributed by atoms with Crippen LogP contribution in [-0.2, 0) is 0 Å². The molecule has 0 aliphatic rings. The van der Waals surface area contributed by atoms with Crippen LogP contribution >= 0.6 is 15.9 Å². The zero-order chi connectivity index (χ0) is 12.3. The largest absolute Gasteiger partial charge is 0.388 e. The Bertz CT molecular complexity index is 357. The standard InChI is InChI=1S/C12H17BrFNO/c1-7(2)10(6-15)12(16)9-5-8(14)3-4-11(9)13/h3-5,7,10,12,16H,6,15H2,1-2H3. The predicted octanol–water partition coefficient (Wildman–Crippen LogP) is 2.85. The minimum absolute atomic E-state index is 0.0712. The highest BCUT2D eigenvalue weighted by molar-refractivity contribution is 9.10. The highest BCUT2D eigenvalue weighted by Gasteiger charge is 2.24. The van der Waals surface area contributed by atoms with Crippen molar-refractivity contribution in [3.63, 3.8) is 0 Å². The summed E-state index contributed by atoms with van der Waals surface area (Å²) >= 11 is 3.31. The predicted molar refractivity (Wildman–Crippen MR) is 66.4 cm³/mol. The Balaban J connectivity index is 3.02. The van der Waals surface area contributed by atoms with Gasteiger partial charge in [0.1, 0.15) is 5.82 Å². The SMILES string of the molecule is CC(C)C(CN)C(O)c1cc(F)ccc1Br. The molecular formula is C12H17BrFNO. The van der Waals surface area contributed by atoms with E-state index in [0.29, 0.717) is 16.6 Å². The van der Waals surface area contributed by atoms with Crippen molar-refractivity contribution >= 4 is 15.9 Å². The van der Waals surface area contributed by atoms with Crippen LogP contribution in [0.4, 0.5) is 4.39 Å². The van der Waals surface area contributed by atoms with Crippen molar-refractivity contribution in [2.75, 3.05) is 6.54 Å². The number of aliphatic hydroxyl groups excluding tert-OH is 1. The van der Waals surface area contributed by atoms with Gasteiger partial charge in [-0.05, 0) is 36.2 Å². The summed E-state index contributed by atoms with van der Waals surface area (Å²) in [5, 5.41) is 10.2. The Morgan fingerprint density at radius 1 is 1.44 bits per heavy atom. The average Bonchev–Trinajstić information content (AvgIpc) is 2.22. The smallest absolute Gasteiger partial charge is 0.123 e. The number of hydrogen-bond donors (Lipinski definition) is 2. The first-order valence-electron chi connectivity index (χ1n) is 5.30.